The van der Waals surface area contributed by atoms with E-state index in [4.69, 9.17) is 11.6 Å². The minimum atomic E-state index is -0.210. The molecule has 0 heterocycles. The second-order valence-corrected chi connectivity index (χ2v) is 6.38. The molecule has 2 aromatic rings. The van der Waals surface area contributed by atoms with Gasteiger partial charge in [-0.3, -0.25) is 0 Å². The van der Waals surface area contributed by atoms with Gasteiger partial charge < -0.3 is 5.32 Å². The lowest BCUT2D eigenvalue weighted by Crippen LogP contribution is -2.20. The van der Waals surface area contributed by atoms with Gasteiger partial charge in [0.2, 0.25) is 0 Å². The molecule has 1 nitrogen and oxygen atoms in total. The van der Waals surface area contributed by atoms with E-state index in [-0.39, 0.29) is 11.9 Å². The molecule has 1 N–H and O–H groups in total. The summed E-state index contributed by atoms with van der Waals surface area (Å²) in [5.41, 5.74) is 0.966. The fourth-order valence-corrected chi connectivity index (χ4v) is 3.36. The summed E-state index contributed by atoms with van der Waals surface area (Å²) in [7, 11) is 0. The maximum atomic E-state index is 13.6. The number of hydrogen-bond donors (Lipinski definition) is 1. The van der Waals surface area contributed by atoms with Gasteiger partial charge in [-0.05, 0) is 55.8 Å². The third-order valence-electron chi connectivity index (χ3n) is 3.20. The van der Waals surface area contributed by atoms with Crippen molar-refractivity contribution in [1.29, 1.82) is 0 Å². The number of nitrogens with one attached hydrogen (secondary N) is 1. The SMILES string of the molecule is CCCNC(C)c1cc(F)ccc1Sc1ccccc1Cl. The van der Waals surface area contributed by atoms with Gasteiger partial charge in [-0.1, -0.05) is 42.4 Å². The first-order valence-corrected chi connectivity index (χ1v) is 8.26. The van der Waals surface area contributed by atoms with Crippen LogP contribution < -0.4 is 5.32 Å². The largest absolute Gasteiger partial charge is 0.310 e. The molecule has 0 saturated carbocycles. The monoisotopic (exact) mass is 323 g/mol. The standard InChI is InChI=1S/C17H19ClFNS/c1-3-10-20-12(2)14-11-13(19)8-9-16(14)21-17-7-5-4-6-15(17)18/h4-9,11-12,20H,3,10H2,1-2H3. The van der Waals surface area contributed by atoms with Crippen LogP contribution in [0, 0.1) is 5.82 Å². The van der Waals surface area contributed by atoms with Gasteiger partial charge in [-0.25, -0.2) is 4.39 Å². The maximum Gasteiger partial charge on any atom is 0.123 e. The molecule has 0 spiro atoms. The Bertz CT molecular complexity index is 603. The van der Waals surface area contributed by atoms with Crippen molar-refractivity contribution in [1.82, 2.24) is 5.32 Å². The second-order valence-electron chi connectivity index (χ2n) is 4.89. The molecule has 1 unspecified atom stereocenters. The normalized spacial score (nSPS) is 12.4. The van der Waals surface area contributed by atoms with Crippen LogP contribution >= 0.6 is 23.4 Å². The summed E-state index contributed by atoms with van der Waals surface area (Å²) in [6.45, 7) is 5.08. The van der Waals surface area contributed by atoms with Crippen LogP contribution in [0.1, 0.15) is 31.9 Å². The van der Waals surface area contributed by atoms with Gasteiger partial charge in [-0.2, -0.15) is 0 Å². The van der Waals surface area contributed by atoms with E-state index < -0.39 is 0 Å². The quantitative estimate of drug-likeness (QED) is 0.732. The minimum absolute atomic E-state index is 0.102. The van der Waals surface area contributed by atoms with Gasteiger partial charge >= 0.3 is 0 Å². The Morgan fingerprint density at radius 3 is 2.67 bits per heavy atom. The molecule has 2 aromatic carbocycles. The van der Waals surface area contributed by atoms with E-state index in [1.165, 1.54) is 6.07 Å². The average Bonchev–Trinajstić information content (AvgIpc) is 2.48. The Kier molecular flexibility index (Phi) is 6.09. The van der Waals surface area contributed by atoms with Crippen LogP contribution in [0.3, 0.4) is 0 Å². The van der Waals surface area contributed by atoms with Crippen LogP contribution in [0.2, 0.25) is 5.02 Å². The summed E-state index contributed by atoms with van der Waals surface area (Å²) in [4.78, 5) is 2.01. The lowest BCUT2D eigenvalue weighted by molar-refractivity contribution is 0.554. The van der Waals surface area contributed by atoms with E-state index in [1.54, 1.807) is 17.8 Å². The van der Waals surface area contributed by atoms with Gasteiger partial charge in [-0.15, -0.1) is 0 Å². The summed E-state index contributed by atoms with van der Waals surface area (Å²) in [6.07, 6.45) is 1.05. The average molecular weight is 324 g/mol. The first-order valence-electron chi connectivity index (χ1n) is 7.07. The van der Waals surface area contributed by atoms with Crippen molar-refractivity contribution in [2.45, 2.75) is 36.1 Å². The molecular weight excluding hydrogens is 305 g/mol. The van der Waals surface area contributed by atoms with Crippen LogP contribution in [-0.2, 0) is 0 Å². The predicted octanol–water partition coefficient (Wildman–Crippen LogP) is 5.69. The summed E-state index contributed by atoms with van der Waals surface area (Å²) >= 11 is 7.78. The smallest absolute Gasteiger partial charge is 0.123 e. The zero-order chi connectivity index (χ0) is 15.2. The molecule has 0 fully saturated rings. The van der Waals surface area contributed by atoms with Crippen LogP contribution in [-0.4, -0.2) is 6.54 Å². The van der Waals surface area contributed by atoms with Crippen molar-refractivity contribution in [3.8, 4) is 0 Å². The van der Waals surface area contributed by atoms with Crippen LogP contribution in [0.25, 0.3) is 0 Å². The summed E-state index contributed by atoms with van der Waals surface area (Å²) in [6, 6.07) is 12.7. The molecule has 4 heteroatoms. The van der Waals surface area contributed by atoms with Gasteiger partial charge in [0.05, 0.1) is 5.02 Å². The van der Waals surface area contributed by atoms with E-state index in [0.29, 0.717) is 5.02 Å². The molecule has 2 rings (SSSR count). The molecule has 0 amide bonds. The Hall–Kier alpha value is -1.03. The lowest BCUT2D eigenvalue weighted by atomic mass is 10.1. The summed E-state index contributed by atoms with van der Waals surface area (Å²) in [5.74, 6) is -0.210. The maximum absolute atomic E-state index is 13.6. The molecule has 1 atom stereocenters. The predicted molar refractivity (Wildman–Crippen MR) is 88.7 cm³/mol. The van der Waals surface area contributed by atoms with Gasteiger partial charge in [0.1, 0.15) is 5.82 Å². The second kappa shape index (κ2) is 7.83. The van der Waals surface area contributed by atoms with E-state index in [0.717, 1.165) is 28.3 Å². The van der Waals surface area contributed by atoms with Crippen molar-refractivity contribution in [3.63, 3.8) is 0 Å². The zero-order valence-electron chi connectivity index (χ0n) is 12.2. The first kappa shape index (κ1) is 16.3. The van der Waals surface area contributed by atoms with Crippen LogP contribution in [0.15, 0.2) is 52.3 Å². The number of benzene rings is 2. The Morgan fingerprint density at radius 1 is 1.19 bits per heavy atom. The van der Waals surface area contributed by atoms with Crippen molar-refractivity contribution in [2.75, 3.05) is 6.54 Å². The highest BCUT2D eigenvalue weighted by atomic mass is 35.5. The van der Waals surface area contributed by atoms with Crippen molar-refractivity contribution < 1.29 is 4.39 Å². The Morgan fingerprint density at radius 2 is 1.95 bits per heavy atom. The lowest BCUT2D eigenvalue weighted by Gasteiger charge is -2.18. The molecule has 0 saturated heterocycles. The number of rotatable bonds is 6. The van der Waals surface area contributed by atoms with Crippen molar-refractivity contribution >= 4 is 23.4 Å². The van der Waals surface area contributed by atoms with Crippen LogP contribution in [0.5, 0.6) is 0 Å². The Balaban J connectivity index is 2.28. The van der Waals surface area contributed by atoms with Gasteiger partial charge in [0, 0.05) is 15.8 Å². The Labute approximate surface area is 134 Å². The van der Waals surface area contributed by atoms with Crippen molar-refractivity contribution in [3.05, 3.63) is 58.9 Å². The number of halogens is 2. The molecule has 21 heavy (non-hydrogen) atoms. The molecule has 0 aliphatic carbocycles. The molecule has 0 aliphatic rings. The fourth-order valence-electron chi connectivity index (χ4n) is 2.07. The van der Waals surface area contributed by atoms with E-state index in [9.17, 15) is 4.39 Å². The molecule has 0 bridgehead atoms. The molecule has 0 aliphatic heterocycles. The summed E-state index contributed by atoms with van der Waals surface area (Å²) < 4.78 is 13.6. The molecule has 0 radical (unpaired) electrons. The summed E-state index contributed by atoms with van der Waals surface area (Å²) in [5, 5.41) is 4.12. The highest BCUT2D eigenvalue weighted by Crippen LogP contribution is 2.37. The first-order chi connectivity index (χ1) is 10.1. The van der Waals surface area contributed by atoms with Crippen LogP contribution in [0.4, 0.5) is 4.39 Å². The molecule has 112 valence electrons. The molecule has 0 aromatic heterocycles. The van der Waals surface area contributed by atoms with Crippen molar-refractivity contribution in [2.24, 2.45) is 0 Å². The third kappa shape index (κ3) is 4.47. The zero-order valence-corrected chi connectivity index (χ0v) is 13.8. The van der Waals surface area contributed by atoms with Gasteiger partial charge in [0.15, 0.2) is 0 Å². The highest BCUT2D eigenvalue weighted by molar-refractivity contribution is 7.99. The van der Waals surface area contributed by atoms with Gasteiger partial charge in [0.25, 0.3) is 0 Å². The topological polar surface area (TPSA) is 12.0 Å². The number of hydrogen-bond acceptors (Lipinski definition) is 2. The van der Waals surface area contributed by atoms with E-state index >= 15 is 0 Å². The molecular formula is C17H19ClFNS. The fraction of sp³-hybridized carbons (Fsp3) is 0.294. The highest BCUT2D eigenvalue weighted by Gasteiger charge is 2.13. The van der Waals surface area contributed by atoms with E-state index in [2.05, 4.69) is 19.2 Å². The minimum Gasteiger partial charge on any atom is -0.310 e. The third-order valence-corrected chi connectivity index (χ3v) is 4.80. The van der Waals surface area contributed by atoms with E-state index in [1.807, 2.05) is 30.3 Å².